The molecule has 6 heteroatoms. The van der Waals surface area contributed by atoms with Crippen LogP contribution < -0.4 is 4.83 Å². The number of aromatic amines is 1. The average Bonchev–Trinajstić information content (AvgIpc) is 3.13. The van der Waals surface area contributed by atoms with Gasteiger partial charge in [0.25, 0.3) is 10.0 Å². The highest BCUT2D eigenvalue weighted by atomic mass is 32.2. The zero-order valence-corrected chi connectivity index (χ0v) is 18.8. The van der Waals surface area contributed by atoms with Crippen LogP contribution in [0.15, 0.2) is 76.7 Å². The number of nitrogens with zero attached hydrogens (tertiary/aromatic N) is 1. The van der Waals surface area contributed by atoms with E-state index in [9.17, 15) is 8.42 Å². The molecule has 5 nitrogen and oxygen atoms in total. The summed E-state index contributed by atoms with van der Waals surface area (Å²) in [6.45, 7) is 7.87. The zero-order chi connectivity index (χ0) is 22.2. The quantitative estimate of drug-likeness (QED) is 0.325. The Hall–Kier alpha value is -3.38. The van der Waals surface area contributed by atoms with Gasteiger partial charge in [-0.25, -0.2) is 0 Å². The Morgan fingerprint density at radius 2 is 1.58 bits per heavy atom. The third-order valence-electron chi connectivity index (χ3n) is 5.33. The number of aryl methyl sites for hydroxylation is 3. The summed E-state index contributed by atoms with van der Waals surface area (Å²) in [4.78, 5) is 6.03. The van der Waals surface area contributed by atoms with Gasteiger partial charge in [-0.05, 0) is 62.6 Å². The number of benzene rings is 3. The number of H-pyrrole nitrogens is 1. The normalized spacial score (nSPS) is 12.3. The summed E-state index contributed by atoms with van der Waals surface area (Å²) in [5, 5.41) is 5.36. The van der Waals surface area contributed by atoms with Crippen LogP contribution in [-0.4, -0.2) is 19.1 Å². The molecule has 0 fully saturated rings. The van der Waals surface area contributed by atoms with Crippen LogP contribution in [0.25, 0.3) is 22.0 Å². The summed E-state index contributed by atoms with van der Waals surface area (Å²) in [5.41, 5.74) is 7.73. The fourth-order valence-corrected chi connectivity index (χ4v) is 4.70. The van der Waals surface area contributed by atoms with E-state index >= 15 is 0 Å². The molecule has 0 amide bonds. The summed E-state index contributed by atoms with van der Waals surface area (Å²) in [6.07, 6.45) is 0. The van der Waals surface area contributed by atoms with E-state index in [-0.39, 0.29) is 4.90 Å². The summed E-state index contributed by atoms with van der Waals surface area (Å²) in [5.74, 6) is 0. The fraction of sp³-hybridized carbons (Fsp3) is 0.160. The van der Waals surface area contributed by atoms with Gasteiger partial charge >= 0.3 is 0 Å². The number of aromatic nitrogens is 1. The van der Waals surface area contributed by atoms with E-state index < -0.39 is 10.0 Å². The highest BCUT2D eigenvalue weighted by molar-refractivity contribution is 7.89. The lowest BCUT2D eigenvalue weighted by molar-refractivity contribution is 0.584. The first-order valence-corrected chi connectivity index (χ1v) is 11.6. The van der Waals surface area contributed by atoms with Gasteiger partial charge in [-0.1, -0.05) is 54.1 Å². The molecule has 0 saturated carbocycles. The summed E-state index contributed by atoms with van der Waals surface area (Å²) in [6, 6.07) is 21.0. The van der Waals surface area contributed by atoms with Crippen molar-refractivity contribution in [2.24, 2.45) is 5.10 Å². The third-order valence-corrected chi connectivity index (χ3v) is 6.55. The van der Waals surface area contributed by atoms with Gasteiger partial charge in [-0.15, -0.1) is 0 Å². The van der Waals surface area contributed by atoms with Crippen molar-refractivity contribution in [1.29, 1.82) is 0 Å². The lowest BCUT2D eigenvalue weighted by atomic mass is 9.97. The molecule has 2 N–H and O–H groups in total. The molecule has 1 aromatic heterocycles. The van der Waals surface area contributed by atoms with Gasteiger partial charge in [-0.3, -0.25) is 0 Å². The lowest BCUT2D eigenvalue weighted by Crippen LogP contribution is -2.20. The van der Waals surface area contributed by atoms with Gasteiger partial charge in [0.1, 0.15) is 0 Å². The molecule has 0 radical (unpaired) electrons. The van der Waals surface area contributed by atoms with E-state index in [0.717, 1.165) is 44.4 Å². The molecule has 0 aliphatic carbocycles. The van der Waals surface area contributed by atoms with Crippen LogP contribution in [0.2, 0.25) is 0 Å². The lowest BCUT2D eigenvalue weighted by Gasteiger charge is -2.08. The second-order valence-electron chi connectivity index (χ2n) is 7.85. The molecule has 3 aromatic carbocycles. The number of nitrogens with one attached hydrogen (secondary N) is 2. The molecular weight excluding hydrogens is 406 g/mol. The minimum Gasteiger partial charge on any atom is -0.353 e. The Balaban J connectivity index is 1.81. The Morgan fingerprint density at radius 3 is 2.26 bits per heavy atom. The van der Waals surface area contributed by atoms with E-state index in [1.807, 2.05) is 25.1 Å². The molecule has 0 unspecified atom stereocenters. The SMILES string of the molecule is C/C(=N\NS(=O)(=O)c1ccc(C)cc1)c1[nH]c2cc(C)cc(C)c2c1-c1ccccc1. The number of hydrogen-bond donors (Lipinski definition) is 2. The van der Waals surface area contributed by atoms with E-state index in [1.165, 1.54) is 0 Å². The van der Waals surface area contributed by atoms with Gasteiger partial charge < -0.3 is 4.98 Å². The van der Waals surface area contributed by atoms with Crippen LogP contribution in [0.4, 0.5) is 0 Å². The maximum Gasteiger partial charge on any atom is 0.276 e. The van der Waals surface area contributed by atoms with Crippen LogP contribution in [0.5, 0.6) is 0 Å². The Labute approximate surface area is 182 Å². The van der Waals surface area contributed by atoms with Gasteiger partial charge in [0, 0.05) is 16.5 Å². The molecule has 0 bridgehead atoms. The molecular formula is C25H25N3O2S. The molecule has 0 atom stereocenters. The highest BCUT2D eigenvalue weighted by Crippen LogP contribution is 2.35. The van der Waals surface area contributed by atoms with Crippen LogP contribution in [0.3, 0.4) is 0 Å². The van der Waals surface area contributed by atoms with E-state index in [0.29, 0.717) is 5.71 Å². The molecule has 158 valence electrons. The van der Waals surface area contributed by atoms with Gasteiger partial charge in [-0.2, -0.15) is 18.4 Å². The smallest absolute Gasteiger partial charge is 0.276 e. The van der Waals surface area contributed by atoms with Gasteiger partial charge in [0.15, 0.2) is 0 Å². The molecule has 0 saturated heterocycles. The Bertz CT molecular complexity index is 1380. The van der Waals surface area contributed by atoms with Gasteiger partial charge in [0.05, 0.1) is 16.3 Å². The summed E-state index contributed by atoms with van der Waals surface area (Å²) in [7, 11) is -3.75. The van der Waals surface area contributed by atoms with Crippen molar-refractivity contribution in [2.45, 2.75) is 32.6 Å². The van der Waals surface area contributed by atoms with E-state index in [4.69, 9.17) is 0 Å². The minimum atomic E-state index is -3.75. The number of hydrazone groups is 1. The number of fused-ring (bicyclic) bond motifs is 1. The van der Waals surface area contributed by atoms with Crippen molar-refractivity contribution < 1.29 is 8.42 Å². The van der Waals surface area contributed by atoms with Crippen molar-refractivity contribution in [2.75, 3.05) is 0 Å². The maximum absolute atomic E-state index is 12.7. The van der Waals surface area contributed by atoms with Crippen molar-refractivity contribution in [3.05, 3.63) is 89.1 Å². The predicted molar refractivity (Wildman–Crippen MR) is 127 cm³/mol. The van der Waals surface area contributed by atoms with Crippen LogP contribution in [0, 0.1) is 20.8 Å². The molecule has 0 aliphatic heterocycles. The number of sulfonamides is 1. The molecule has 0 aliphatic rings. The largest absolute Gasteiger partial charge is 0.353 e. The molecule has 4 aromatic rings. The molecule has 31 heavy (non-hydrogen) atoms. The van der Waals surface area contributed by atoms with Crippen molar-refractivity contribution in [3.63, 3.8) is 0 Å². The summed E-state index contributed by atoms with van der Waals surface area (Å²) >= 11 is 0. The highest BCUT2D eigenvalue weighted by Gasteiger charge is 2.19. The zero-order valence-electron chi connectivity index (χ0n) is 18.0. The fourth-order valence-electron chi connectivity index (χ4n) is 3.84. The number of hydrogen-bond acceptors (Lipinski definition) is 3. The first-order chi connectivity index (χ1) is 14.8. The first kappa shape index (κ1) is 20.9. The van der Waals surface area contributed by atoms with E-state index in [2.05, 4.69) is 53.0 Å². The van der Waals surface area contributed by atoms with Crippen LogP contribution in [-0.2, 0) is 10.0 Å². The van der Waals surface area contributed by atoms with Crippen molar-refractivity contribution in [1.82, 2.24) is 9.82 Å². The monoisotopic (exact) mass is 431 g/mol. The molecule has 4 rings (SSSR count). The van der Waals surface area contributed by atoms with Crippen molar-refractivity contribution in [3.8, 4) is 11.1 Å². The van der Waals surface area contributed by atoms with Crippen LogP contribution >= 0.6 is 0 Å². The average molecular weight is 432 g/mol. The second-order valence-corrected chi connectivity index (χ2v) is 9.51. The Morgan fingerprint density at radius 1 is 0.903 bits per heavy atom. The third kappa shape index (κ3) is 4.11. The standard InChI is InChI=1S/C25H25N3O2S/c1-16-10-12-21(13-11-16)31(29,30)28-27-19(4)25-24(20-8-6-5-7-9-20)23-18(3)14-17(2)15-22(23)26-25/h5-15,26,28H,1-4H3/b27-19+. The van der Waals surface area contributed by atoms with E-state index in [1.54, 1.807) is 31.2 Å². The molecule has 1 heterocycles. The second kappa shape index (κ2) is 8.04. The molecule has 0 spiro atoms. The minimum absolute atomic E-state index is 0.182. The predicted octanol–water partition coefficient (Wildman–Crippen LogP) is 5.46. The summed E-state index contributed by atoms with van der Waals surface area (Å²) < 4.78 is 25.4. The number of rotatable bonds is 5. The first-order valence-electron chi connectivity index (χ1n) is 10.1. The van der Waals surface area contributed by atoms with Crippen LogP contribution in [0.1, 0.15) is 29.3 Å². The maximum atomic E-state index is 12.7. The van der Waals surface area contributed by atoms with Crippen molar-refractivity contribution >= 4 is 26.6 Å². The topological polar surface area (TPSA) is 74.3 Å². The Kier molecular flexibility index (Phi) is 5.41. The van der Waals surface area contributed by atoms with Gasteiger partial charge in [0.2, 0.25) is 0 Å².